The van der Waals surface area contributed by atoms with Gasteiger partial charge in [-0.1, -0.05) is 0 Å². The van der Waals surface area contributed by atoms with Crippen molar-refractivity contribution in [2.24, 2.45) is 0 Å². The van der Waals surface area contributed by atoms with Crippen LogP contribution in [0.25, 0.3) is 0 Å². The van der Waals surface area contributed by atoms with Gasteiger partial charge in [-0.3, -0.25) is 0 Å². The molecular formula is C4F10NaO. The Balaban J connectivity index is 0. The van der Waals surface area contributed by atoms with Crippen molar-refractivity contribution in [3.8, 4) is 0 Å². The Morgan fingerprint density at radius 1 is 0.500 bits per heavy atom. The molecule has 1 nitrogen and oxygen atoms in total. The summed E-state index contributed by atoms with van der Waals surface area (Å²) < 4.78 is 115. The molecule has 0 aromatic carbocycles. The fourth-order valence-corrected chi connectivity index (χ4v) is 0.277. The zero-order chi connectivity index (χ0) is 12.7. The van der Waals surface area contributed by atoms with Gasteiger partial charge in [0.25, 0.3) is 0 Å². The van der Waals surface area contributed by atoms with Crippen molar-refractivity contribution in [3.63, 3.8) is 0 Å². The third-order valence-corrected chi connectivity index (χ3v) is 0.916. The van der Waals surface area contributed by atoms with Crippen molar-refractivity contribution in [1.29, 1.82) is 0 Å². The summed E-state index contributed by atoms with van der Waals surface area (Å²) in [5.41, 5.74) is 0. The molecule has 0 atom stereocenters. The predicted molar refractivity (Wildman–Crippen MR) is 28.8 cm³/mol. The molecule has 0 bridgehead atoms. The molecule has 0 heterocycles. The predicted octanol–water partition coefficient (Wildman–Crippen LogP) is 2.93. The van der Waals surface area contributed by atoms with E-state index in [4.69, 9.17) is 0 Å². The van der Waals surface area contributed by atoms with E-state index in [9.17, 15) is 43.9 Å². The van der Waals surface area contributed by atoms with Gasteiger partial charge in [0.2, 0.25) is 0 Å². The number of hydrogen-bond donors (Lipinski definition) is 0. The van der Waals surface area contributed by atoms with Crippen LogP contribution in [0.15, 0.2) is 0 Å². The second-order valence-corrected chi connectivity index (χ2v) is 2.13. The van der Waals surface area contributed by atoms with Crippen LogP contribution in [-0.2, 0) is 4.74 Å². The second kappa shape index (κ2) is 4.86. The zero-order valence-electron chi connectivity index (χ0n) is 7.19. The summed E-state index contributed by atoms with van der Waals surface area (Å²) in [4.78, 5) is 0. The van der Waals surface area contributed by atoms with Crippen LogP contribution in [-0.4, -0.2) is 54.1 Å². The molecule has 12 heteroatoms. The molecule has 0 aliphatic heterocycles. The summed E-state index contributed by atoms with van der Waals surface area (Å²) >= 11 is 0. The summed E-state index contributed by atoms with van der Waals surface area (Å²) in [6.45, 7) is 0. The van der Waals surface area contributed by atoms with Crippen LogP contribution in [0.2, 0.25) is 0 Å². The van der Waals surface area contributed by atoms with Crippen LogP contribution < -0.4 is 0 Å². The maximum absolute atomic E-state index is 11.6. The Kier molecular flexibility index (Phi) is 5.66. The van der Waals surface area contributed by atoms with Gasteiger partial charge in [0.05, 0.1) is 0 Å². The van der Waals surface area contributed by atoms with E-state index in [0.29, 0.717) is 0 Å². The summed E-state index contributed by atoms with van der Waals surface area (Å²) in [6, 6.07) is 0. The van der Waals surface area contributed by atoms with Gasteiger partial charge in [0.1, 0.15) is 0 Å². The molecule has 0 aliphatic rings. The van der Waals surface area contributed by atoms with Crippen molar-refractivity contribution >= 4 is 29.6 Å². The van der Waals surface area contributed by atoms with E-state index >= 15 is 0 Å². The van der Waals surface area contributed by atoms with E-state index in [1.54, 1.807) is 0 Å². The number of alkyl halides is 10. The molecule has 0 spiro atoms. The molecule has 0 saturated carbocycles. The largest absolute Gasteiger partial charge is 0.483 e. The first-order valence-electron chi connectivity index (χ1n) is 2.80. The number of hydrogen-bond acceptors (Lipinski definition) is 1. The molecule has 0 unspecified atom stereocenters. The topological polar surface area (TPSA) is 9.23 Å². The molecule has 1 radical (unpaired) electrons. The molecule has 0 aromatic rings. The Morgan fingerprint density at radius 2 is 0.688 bits per heavy atom. The van der Waals surface area contributed by atoms with E-state index in [2.05, 4.69) is 0 Å². The van der Waals surface area contributed by atoms with Gasteiger partial charge in [0, 0.05) is 29.6 Å². The van der Waals surface area contributed by atoms with Crippen LogP contribution in [0.4, 0.5) is 43.9 Å². The third-order valence-electron chi connectivity index (χ3n) is 0.916. The fraction of sp³-hybridized carbons (Fsp3) is 1.00. The third kappa shape index (κ3) is 4.26. The quantitative estimate of drug-likeness (QED) is 0.557. The first-order valence-corrected chi connectivity index (χ1v) is 2.80. The summed E-state index contributed by atoms with van der Waals surface area (Å²) in [7, 11) is 0. The average Bonchev–Trinajstić information content (AvgIpc) is 1.77. The van der Waals surface area contributed by atoms with Gasteiger partial charge < -0.3 is 0 Å². The smallest absolute Gasteiger partial charge is 0.240 e. The van der Waals surface area contributed by atoms with Crippen LogP contribution in [0.5, 0.6) is 0 Å². The maximum atomic E-state index is 11.6. The van der Waals surface area contributed by atoms with E-state index in [0.717, 1.165) is 0 Å². The Bertz CT molecular complexity index is 204. The first kappa shape index (κ1) is 18.6. The summed E-state index contributed by atoms with van der Waals surface area (Å²) in [5.74, 6) is 0. The van der Waals surface area contributed by atoms with Gasteiger partial charge >= 0.3 is 24.6 Å². The Morgan fingerprint density at radius 3 is 0.812 bits per heavy atom. The van der Waals surface area contributed by atoms with Crippen molar-refractivity contribution in [1.82, 2.24) is 0 Å². The van der Waals surface area contributed by atoms with E-state index < -0.39 is 24.6 Å². The van der Waals surface area contributed by atoms with E-state index in [-0.39, 0.29) is 29.6 Å². The van der Waals surface area contributed by atoms with Crippen LogP contribution >= 0.6 is 0 Å². The first-order chi connectivity index (χ1) is 6.21. The molecular weight excluding hydrogens is 277 g/mol. The summed E-state index contributed by atoms with van der Waals surface area (Å²) in [6.07, 6.45) is -26.5. The second-order valence-electron chi connectivity index (χ2n) is 2.13. The van der Waals surface area contributed by atoms with Crippen LogP contribution in [0, 0.1) is 0 Å². The molecule has 93 valence electrons. The standard InChI is InChI=1S/C4F10O.Na/c5-1(6,7)3(11,12)15-4(13,14)2(8,9)10;. The average molecular weight is 277 g/mol. The molecule has 16 heavy (non-hydrogen) atoms. The number of rotatable bonds is 2. The Labute approximate surface area is 103 Å². The van der Waals surface area contributed by atoms with Crippen molar-refractivity contribution in [2.75, 3.05) is 0 Å². The minimum atomic E-state index is -6.66. The molecule has 0 amide bonds. The molecule has 0 aromatic heterocycles. The summed E-state index contributed by atoms with van der Waals surface area (Å²) in [5, 5.41) is 0. The van der Waals surface area contributed by atoms with Gasteiger partial charge in [-0.25, -0.2) is 4.74 Å². The molecule has 0 fully saturated rings. The minimum absolute atomic E-state index is 0. The van der Waals surface area contributed by atoms with Gasteiger partial charge in [-0.15, -0.1) is 0 Å². The fourth-order valence-electron chi connectivity index (χ4n) is 0.277. The molecule has 0 aliphatic carbocycles. The van der Waals surface area contributed by atoms with Crippen molar-refractivity contribution in [2.45, 2.75) is 24.6 Å². The molecule has 0 rings (SSSR count). The van der Waals surface area contributed by atoms with Gasteiger partial charge in [0.15, 0.2) is 0 Å². The Hall–Kier alpha value is 0.260. The molecule has 0 N–H and O–H groups in total. The van der Waals surface area contributed by atoms with Gasteiger partial charge in [-0.05, 0) is 0 Å². The molecule has 0 saturated heterocycles. The minimum Gasteiger partial charge on any atom is -0.240 e. The maximum Gasteiger partial charge on any atom is 0.483 e. The zero-order valence-corrected chi connectivity index (χ0v) is 9.19. The van der Waals surface area contributed by atoms with Crippen molar-refractivity contribution in [3.05, 3.63) is 0 Å². The van der Waals surface area contributed by atoms with Crippen molar-refractivity contribution < 1.29 is 48.6 Å². The normalized spacial score (nSPS) is 14.6. The SMILES string of the molecule is FC(F)(F)C(F)(F)OC(F)(F)C(F)(F)F.[Na]. The van der Waals surface area contributed by atoms with Gasteiger partial charge in [-0.2, -0.15) is 43.9 Å². The van der Waals surface area contributed by atoms with Crippen LogP contribution in [0.1, 0.15) is 0 Å². The van der Waals surface area contributed by atoms with E-state index in [1.165, 1.54) is 4.74 Å². The number of ether oxygens (including phenoxy) is 1. The monoisotopic (exact) mass is 277 g/mol. The van der Waals surface area contributed by atoms with E-state index in [1.807, 2.05) is 0 Å². The number of halogens is 10. The van der Waals surface area contributed by atoms with Crippen LogP contribution in [0.3, 0.4) is 0 Å².